The molecule has 5 heteroatoms. The monoisotopic (exact) mass is 159 g/mol. The molecule has 1 aliphatic rings. The third-order valence-electron chi connectivity index (χ3n) is 1.17. The van der Waals surface area contributed by atoms with Gasteiger partial charge in [-0.2, -0.15) is 0 Å². The van der Waals surface area contributed by atoms with E-state index in [9.17, 15) is 9.59 Å². The number of nitrogens with one attached hydrogen (secondary N) is 1. The summed E-state index contributed by atoms with van der Waals surface area (Å²) in [6, 6.07) is 0. The Morgan fingerprint density at radius 1 is 1.82 bits per heavy atom. The predicted molar refractivity (Wildman–Crippen MR) is 34.5 cm³/mol. The van der Waals surface area contributed by atoms with Gasteiger partial charge in [0.2, 0.25) is 0 Å². The Labute approximate surface area is 63.7 Å². The molecule has 0 radical (unpaired) electrons. The van der Waals surface area contributed by atoms with Crippen LogP contribution in [0.1, 0.15) is 6.92 Å². The first-order valence-corrected chi connectivity index (χ1v) is 3.27. The highest BCUT2D eigenvalue weighted by Gasteiger charge is 2.25. The molecular weight excluding hydrogens is 150 g/mol. The van der Waals surface area contributed by atoms with E-state index in [1.54, 1.807) is 0 Å². The van der Waals surface area contributed by atoms with E-state index in [-0.39, 0.29) is 0 Å². The fourth-order valence-electron chi connectivity index (χ4n) is 0.756. The fraction of sp³-hybridized carbons (Fsp3) is 0.667. The summed E-state index contributed by atoms with van der Waals surface area (Å²) in [5.41, 5.74) is 0. The Morgan fingerprint density at radius 3 is 3.09 bits per heavy atom. The maximum Gasteiger partial charge on any atom is 0.363 e. The van der Waals surface area contributed by atoms with Gasteiger partial charge in [0.25, 0.3) is 6.23 Å². The minimum atomic E-state index is -0.916. The predicted octanol–water partition coefficient (Wildman–Crippen LogP) is -0.978. The van der Waals surface area contributed by atoms with Crippen molar-refractivity contribution in [1.29, 1.82) is 0 Å². The Morgan fingerprint density at radius 2 is 2.55 bits per heavy atom. The molecule has 0 amide bonds. The van der Waals surface area contributed by atoms with Crippen LogP contribution in [0.2, 0.25) is 0 Å². The van der Waals surface area contributed by atoms with Gasteiger partial charge in [0.1, 0.15) is 6.61 Å². The molecule has 0 saturated carbocycles. The first-order valence-electron chi connectivity index (χ1n) is 3.27. The Kier molecular flexibility index (Phi) is 2.43. The molecule has 0 aromatic carbocycles. The van der Waals surface area contributed by atoms with Crippen molar-refractivity contribution in [3.05, 3.63) is 0 Å². The number of hydrogen-bond donors (Lipinski definition) is 1. The number of cyclic esters (lactones) is 1. The van der Waals surface area contributed by atoms with E-state index in [2.05, 4.69) is 14.8 Å². The Hall–Kier alpha value is -1.10. The molecule has 0 bridgehead atoms. The van der Waals surface area contributed by atoms with Gasteiger partial charge in [-0.25, -0.2) is 4.79 Å². The molecule has 0 spiro atoms. The fourth-order valence-corrected chi connectivity index (χ4v) is 0.756. The smallest absolute Gasteiger partial charge is 0.363 e. The lowest BCUT2D eigenvalue weighted by Crippen LogP contribution is -2.47. The number of esters is 2. The second-order valence-corrected chi connectivity index (χ2v) is 2.11. The summed E-state index contributed by atoms with van der Waals surface area (Å²) in [5.74, 6) is -1.03. The summed E-state index contributed by atoms with van der Waals surface area (Å²) in [7, 11) is 0. The first kappa shape index (κ1) is 8.00. The normalized spacial score (nSPS) is 24.1. The molecule has 1 saturated heterocycles. The first-order chi connectivity index (χ1) is 5.20. The van der Waals surface area contributed by atoms with Crippen molar-refractivity contribution in [2.45, 2.75) is 13.2 Å². The van der Waals surface area contributed by atoms with Gasteiger partial charge >= 0.3 is 11.9 Å². The maximum absolute atomic E-state index is 10.8. The molecule has 11 heavy (non-hydrogen) atoms. The van der Waals surface area contributed by atoms with Crippen molar-refractivity contribution in [2.24, 2.45) is 0 Å². The van der Waals surface area contributed by atoms with Crippen LogP contribution in [0, 0.1) is 0 Å². The minimum absolute atomic E-state index is 0.330. The van der Waals surface area contributed by atoms with Crippen molar-refractivity contribution in [3.8, 4) is 0 Å². The van der Waals surface area contributed by atoms with Gasteiger partial charge in [-0.05, 0) is 0 Å². The number of morpholine rings is 1. The van der Waals surface area contributed by atoms with E-state index in [1.165, 1.54) is 6.92 Å². The largest absolute Gasteiger partial charge is 0.461 e. The van der Waals surface area contributed by atoms with Gasteiger partial charge < -0.3 is 9.47 Å². The Balaban J connectivity index is 2.42. The van der Waals surface area contributed by atoms with Crippen LogP contribution >= 0.6 is 0 Å². The second kappa shape index (κ2) is 3.34. The van der Waals surface area contributed by atoms with Crippen LogP contribution in [0.25, 0.3) is 0 Å². The van der Waals surface area contributed by atoms with Gasteiger partial charge in [0, 0.05) is 13.5 Å². The molecule has 1 rings (SSSR count). The standard InChI is InChI=1S/C6H9NO4/c1-4(8)11-5-6(9)10-3-2-7-5/h5,7H,2-3H2,1H3. The molecule has 1 unspecified atom stereocenters. The molecule has 0 aromatic rings. The molecule has 1 fully saturated rings. The SMILES string of the molecule is CC(=O)OC1NCCOC1=O. The average molecular weight is 159 g/mol. The lowest BCUT2D eigenvalue weighted by Gasteiger charge is -2.21. The van der Waals surface area contributed by atoms with E-state index < -0.39 is 18.2 Å². The van der Waals surface area contributed by atoms with Crippen molar-refractivity contribution in [1.82, 2.24) is 5.32 Å². The van der Waals surface area contributed by atoms with E-state index in [1.807, 2.05) is 0 Å². The molecule has 1 aliphatic heterocycles. The highest BCUT2D eigenvalue weighted by Crippen LogP contribution is 1.97. The summed E-state index contributed by atoms with van der Waals surface area (Å²) < 4.78 is 9.19. The number of carbonyl (C=O) groups excluding carboxylic acids is 2. The number of rotatable bonds is 1. The zero-order valence-electron chi connectivity index (χ0n) is 6.12. The number of ether oxygens (including phenoxy) is 2. The van der Waals surface area contributed by atoms with Crippen molar-refractivity contribution in [3.63, 3.8) is 0 Å². The summed E-state index contributed by atoms with van der Waals surface area (Å²) >= 11 is 0. The van der Waals surface area contributed by atoms with E-state index >= 15 is 0 Å². The molecule has 0 aromatic heterocycles. The minimum Gasteiger partial charge on any atom is -0.461 e. The second-order valence-electron chi connectivity index (χ2n) is 2.11. The van der Waals surface area contributed by atoms with Crippen LogP contribution in [-0.4, -0.2) is 31.3 Å². The maximum atomic E-state index is 10.8. The van der Waals surface area contributed by atoms with E-state index in [4.69, 9.17) is 0 Å². The summed E-state index contributed by atoms with van der Waals surface area (Å²) in [6.45, 7) is 2.09. The third kappa shape index (κ3) is 2.19. The lowest BCUT2D eigenvalue weighted by atomic mass is 10.4. The van der Waals surface area contributed by atoms with Gasteiger partial charge in [-0.1, -0.05) is 0 Å². The molecular formula is C6H9NO4. The molecule has 5 nitrogen and oxygen atoms in total. The zero-order chi connectivity index (χ0) is 8.27. The summed E-state index contributed by atoms with van der Waals surface area (Å²) in [5, 5.41) is 2.68. The van der Waals surface area contributed by atoms with Crippen LogP contribution in [0.5, 0.6) is 0 Å². The topological polar surface area (TPSA) is 64.6 Å². The highest BCUT2D eigenvalue weighted by molar-refractivity contribution is 5.78. The van der Waals surface area contributed by atoms with E-state index in [0.717, 1.165) is 0 Å². The quantitative estimate of drug-likeness (QED) is 0.498. The molecule has 0 aliphatic carbocycles. The van der Waals surface area contributed by atoms with Crippen LogP contribution in [0.4, 0.5) is 0 Å². The number of carbonyl (C=O) groups is 2. The third-order valence-corrected chi connectivity index (χ3v) is 1.17. The lowest BCUT2D eigenvalue weighted by molar-refractivity contribution is -0.173. The Bertz CT molecular complexity index is 179. The zero-order valence-corrected chi connectivity index (χ0v) is 6.12. The van der Waals surface area contributed by atoms with Crippen molar-refractivity contribution in [2.75, 3.05) is 13.2 Å². The van der Waals surface area contributed by atoms with Crippen LogP contribution < -0.4 is 5.32 Å². The molecule has 62 valence electrons. The van der Waals surface area contributed by atoms with Crippen molar-refractivity contribution >= 4 is 11.9 Å². The van der Waals surface area contributed by atoms with Gasteiger partial charge in [-0.3, -0.25) is 10.1 Å². The highest BCUT2D eigenvalue weighted by atomic mass is 16.6. The number of hydrogen-bond acceptors (Lipinski definition) is 5. The van der Waals surface area contributed by atoms with Crippen LogP contribution in [0.3, 0.4) is 0 Å². The summed E-state index contributed by atoms with van der Waals surface area (Å²) in [4.78, 5) is 21.2. The van der Waals surface area contributed by atoms with Crippen LogP contribution in [-0.2, 0) is 19.1 Å². The molecule has 1 heterocycles. The van der Waals surface area contributed by atoms with Gasteiger partial charge in [0.05, 0.1) is 0 Å². The average Bonchev–Trinajstić information content (AvgIpc) is 1.93. The van der Waals surface area contributed by atoms with Gasteiger partial charge in [0.15, 0.2) is 0 Å². The van der Waals surface area contributed by atoms with E-state index in [0.29, 0.717) is 13.2 Å². The summed E-state index contributed by atoms with van der Waals surface area (Å²) in [6.07, 6.45) is -0.916. The van der Waals surface area contributed by atoms with Crippen molar-refractivity contribution < 1.29 is 19.1 Å². The van der Waals surface area contributed by atoms with Gasteiger partial charge in [-0.15, -0.1) is 0 Å². The van der Waals surface area contributed by atoms with Crippen LogP contribution in [0.15, 0.2) is 0 Å². The molecule has 1 atom stereocenters. The molecule has 1 N–H and O–H groups in total.